The first-order chi connectivity index (χ1) is 11.3. The van der Waals surface area contributed by atoms with Gasteiger partial charge in [0, 0.05) is 31.1 Å². The van der Waals surface area contributed by atoms with E-state index in [1.807, 2.05) is 37.8 Å². The molecule has 0 spiro atoms. The van der Waals surface area contributed by atoms with Gasteiger partial charge in [0.15, 0.2) is 0 Å². The van der Waals surface area contributed by atoms with E-state index in [9.17, 15) is 4.79 Å². The van der Waals surface area contributed by atoms with Crippen molar-refractivity contribution >= 4 is 17.7 Å². The summed E-state index contributed by atoms with van der Waals surface area (Å²) in [5, 5.41) is 0.745. The van der Waals surface area contributed by atoms with Gasteiger partial charge in [-0.1, -0.05) is 23.7 Å². The van der Waals surface area contributed by atoms with Crippen LogP contribution in [0.25, 0.3) is 0 Å². The monoisotopic (exact) mass is 353 g/mol. The molecule has 0 aliphatic carbocycles. The third-order valence-electron chi connectivity index (χ3n) is 4.40. The molecule has 1 amide bonds. The zero-order valence-corrected chi connectivity index (χ0v) is 15.8. The average Bonchev–Trinajstić information content (AvgIpc) is 2.52. The summed E-state index contributed by atoms with van der Waals surface area (Å²) in [7, 11) is 1.73. The van der Waals surface area contributed by atoms with Gasteiger partial charge in [-0.3, -0.25) is 0 Å². The van der Waals surface area contributed by atoms with Crippen LogP contribution in [0.5, 0.6) is 0 Å². The van der Waals surface area contributed by atoms with Crippen LogP contribution < -0.4 is 0 Å². The number of methoxy groups -OCH3 is 1. The maximum atomic E-state index is 12.2. The first-order valence-electron chi connectivity index (χ1n) is 8.52. The molecular formula is C19H28ClNO3. The lowest BCUT2D eigenvalue weighted by Gasteiger charge is -2.36. The van der Waals surface area contributed by atoms with Gasteiger partial charge in [-0.25, -0.2) is 4.79 Å². The van der Waals surface area contributed by atoms with Gasteiger partial charge in [-0.05, 0) is 57.2 Å². The Morgan fingerprint density at radius 2 is 1.83 bits per heavy atom. The summed E-state index contributed by atoms with van der Waals surface area (Å²) < 4.78 is 10.9. The quantitative estimate of drug-likeness (QED) is 0.786. The number of carbonyl (C=O) groups excluding carboxylic acids is 1. The molecule has 0 N–H and O–H groups in total. The first-order valence-corrected chi connectivity index (χ1v) is 8.90. The van der Waals surface area contributed by atoms with E-state index in [0.29, 0.717) is 18.4 Å². The van der Waals surface area contributed by atoms with Crippen molar-refractivity contribution in [2.24, 2.45) is 5.92 Å². The number of piperidine rings is 1. The van der Waals surface area contributed by atoms with E-state index in [-0.39, 0.29) is 6.09 Å². The summed E-state index contributed by atoms with van der Waals surface area (Å²) >= 11 is 6.00. The summed E-state index contributed by atoms with van der Waals surface area (Å²) in [5.74, 6) is 0.817. The molecule has 134 valence electrons. The van der Waals surface area contributed by atoms with Crippen molar-refractivity contribution < 1.29 is 14.3 Å². The molecule has 1 aromatic carbocycles. The normalized spacial score (nSPS) is 17.6. The molecule has 1 aliphatic rings. The van der Waals surface area contributed by atoms with Crippen LogP contribution in [0.2, 0.25) is 5.02 Å². The van der Waals surface area contributed by atoms with Gasteiger partial charge in [0.25, 0.3) is 0 Å². The highest BCUT2D eigenvalue weighted by atomic mass is 35.5. The lowest BCUT2D eigenvalue weighted by molar-refractivity contribution is 0.0159. The number of hydrogen-bond donors (Lipinski definition) is 0. The van der Waals surface area contributed by atoms with Crippen molar-refractivity contribution in [1.82, 2.24) is 4.90 Å². The van der Waals surface area contributed by atoms with Crippen molar-refractivity contribution in [3.05, 3.63) is 34.9 Å². The van der Waals surface area contributed by atoms with E-state index in [2.05, 4.69) is 12.1 Å². The summed E-state index contributed by atoms with van der Waals surface area (Å²) in [4.78, 5) is 14.0. The third kappa shape index (κ3) is 5.38. The number of benzene rings is 1. The number of halogens is 1. The Balaban J connectivity index is 1.98. The Morgan fingerprint density at radius 3 is 2.33 bits per heavy atom. The molecule has 0 unspecified atom stereocenters. The zero-order chi connectivity index (χ0) is 17.7. The molecule has 0 radical (unpaired) electrons. The minimum atomic E-state index is -0.449. The van der Waals surface area contributed by atoms with Crippen molar-refractivity contribution in [2.75, 3.05) is 26.8 Å². The fraction of sp³-hybridized carbons (Fsp3) is 0.632. The van der Waals surface area contributed by atoms with E-state index in [0.717, 1.165) is 31.0 Å². The van der Waals surface area contributed by atoms with Crippen LogP contribution in [0.4, 0.5) is 4.79 Å². The second-order valence-corrected chi connectivity index (χ2v) is 7.85. The molecule has 0 aromatic heterocycles. The van der Waals surface area contributed by atoms with Crippen LogP contribution in [0, 0.1) is 5.92 Å². The molecule has 1 fully saturated rings. The Labute approximate surface area is 150 Å². The summed E-state index contributed by atoms with van der Waals surface area (Å²) in [5.41, 5.74) is 0.799. The van der Waals surface area contributed by atoms with Crippen LogP contribution in [0.1, 0.15) is 45.1 Å². The largest absolute Gasteiger partial charge is 0.444 e. The second kappa shape index (κ2) is 8.21. The van der Waals surface area contributed by atoms with E-state index in [4.69, 9.17) is 21.1 Å². The number of nitrogens with zero attached hydrogens (tertiary/aromatic N) is 1. The van der Waals surface area contributed by atoms with Gasteiger partial charge in [0.05, 0.1) is 6.61 Å². The SMILES string of the molecule is COC[C@@H](c1ccc(Cl)cc1)C1CCN(C(=O)OC(C)(C)C)CC1. The summed E-state index contributed by atoms with van der Waals surface area (Å²) in [6.45, 7) is 7.83. The number of rotatable bonds is 4. The Morgan fingerprint density at radius 1 is 1.25 bits per heavy atom. The topological polar surface area (TPSA) is 38.8 Å². The van der Waals surface area contributed by atoms with E-state index in [1.54, 1.807) is 7.11 Å². The number of carbonyl (C=O) groups is 1. The molecule has 1 aromatic rings. The Hall–Kier alpha value is -1.26. The van der Waals surface area contributed by atoms with Crippen molar-refractivity contribution in [3.8, 4) is 0 Å². The molecule has 1 atom stereocenters. The standard InChI is InChI=1S/C19H28ClNO3/c1-19(2,3)24-18(22)21-11-9-15(10-12-21)17(13-23-4)14-5-7-16(20)8-6-14/h5-8,15,17H,9-13H2,1-4H3/t17-/m0/s1. The molecule has 5 heteroatoms. The molecule has 0 saturated carbocycles. The van der Waals surface area contributed by atoms with Crippen molar-refractivity contribution in [3.63, 3.8) is 0 Å². The van der Waals surface area contributed by atoms with Gasteiger partial charge >= 0.3 is 6.09 Å². The average molecular weight is 354 g/mol. The second-order valence-electron chi connectivity index (χ2n) is 7.42. The fourth-order valence-corrected chi connectivity index (χ4v) is 3.33. The molecule has 2 rings (SSSR count). The molecule has 24 heavy (non-hydrogen) atoms. The van der Waals surface area contributed by atoms with Crippen LogP contribution in [-0.4, -0.2) is 43.4 Å². The molecule has 4 nitrogen and oxygen atoms in total. The van der Waals surface area contributed by atoms with Crippen molar-refractivity contribution in [1.29, 1.82) is 0 Å². The number of hydrogen-bond acceptors (Lipinski definition) is 3. The van der Waals surface area contributed by atoms with Crippen molar-refractivity contribution in [2.45, 2.75) is 45.1 Å². The number of likely N-dealkylation sites (tertiary alicyclic amines) is 1. The van der Waals surface area contributed by atoms with E-state index in [1.165, 1.54) is 5.56 Å². The molecule has 0 bridgehead atoms. The highest BCUT2D eigenvalue weighted by Crippen LogP contribution is 2.34. The lowest BCUT2D eigenvalue weighted by Crippen LogP contribution is -2.42. The summed E-state index contributed by atoms with van der Waals surface area (Å²) in [6.07, 6.45) is 1.70. The minimum absolute atomic E-state index is 0.212. The Kier molecular flexibility index (Phi) is 6.53. The van der Waals surface area contributed by atoms with Gasteiger partial charge in [0.2, 0.25) is 0 Å². The maximum absolute atomic E-state index is 12.2. The predicted molar refractivity (Wildman–Crippen MR) is 96.6 cm³/mol. The fourth-order valence-electron chi connectivity index (χ4n) is 3.20. The predicted octanol–water partition coefficient (Wildman–Crippen LogP) is 4.72. The minimum Gasteiger partial charge on any atom is -0.444 e. The van der Waals surface area contributed by atoms with Gasteiger partial charge < -0.3 is 14.4 Å². The highest BCUT2D eigenvalue weighted by molar-refractivity contribution is 6.30. The van der Waals surface area contributed by atoms with E-state index >= 15 is 0 Å². The van der Waals surface area contributed by atoms with Gasteiger partial charge in [-0.15, -0.1) is 0 Å². The van der Waals surface area contributed by atoms with Crippen LogP contribution in [0.3, 0.4) is 0 Å². The highest BCUT2D eigenvalue weighted by Gasteiger charge is 2.31. The number of ether oxygens (including phenoxy) is 2. The van der Waals surface area contributed by atoms with Crippen LogP contribution >= 0.6 is 11.6 Å². The lowest BCUT2D eigenvalue weighted by atomic mass is 9.80. The smallest absolute Gasteiger partial charge is 0.410 e. The summed E-state index contributed by atoms with van der Waals surface area (Å²) in [6, 6.07) is 8.00. The van der Waals surface area contributed by atoms with Crippen LogP contribution in [0.15, 0.2) is 24.3 Å². The number of amides is 1. The molecule has 1 aliphatic heterocycles. The molecule has 1 saturated heterocycles. The third-order valence-corrected chi connectivity index (χ3v) is 4.66. The van der Waals surface area contributed by atoms with Gasteiger partial charge in [0.1, 0.15) is 5.60 Å². The van der Waals surface area contributed by atoms with Crippen LogP contribution in [-0.2, 0) is 9.47 Å². The Bertz CT molecular complexity index is 531. The maximum Gasteiger partial charge on any atom is 0.410 e. The first kappa shape index (κ1) is 19.1. The zero-order valence-electron chi connectivity index (χ0n) is 15.0. The van der Waals surface area contributed by atoms with E-state index < -0.39 is 5.60 Å². The molecule has 1 heterocycles. The molecular weight excluding hydrogens is 326 g/mol. The van der Waals surface area contributed by atoms with Gasteiger partial charge in [-0.2, -0.15) is 0 Å².